The van der Waals surface area contributed by atoms with E-state index >= 15 is 0 Å². The van der Waals surface area contributed by atoms with Gasteiger partial charge >= 0.3 is 0 Å². The van der Waals surface area contributed by atoms with Crippen molar-refractivity contribution < 1.29 is 0 Å². The standard InChI is InChI=1S/C16H20BrN3/c1-12-10-14(17)16(19-11-12)20(9-5-8-18)15-7-4-3-6-13(15)2/h3-4,6-7,10-11H,5,8-9,18H2,1-2H3. The SMILES string of the molecule is Cc1cnc(N(CCCN)c2ccccc2C)c(Br)c1. The van der Waals surface area contributed by atoms with Crippen LogP contribution < -0.4 is 10.6 Å². The van der Waals surface area contributed by atoms with Gasteiger partial charge in [-0.25, -0.2) is 4.98 Å². The fourth-order valence-electron chi connectivity index (χ4n) is 2.18. The number of halogens is 1. The molecule has 0 unspecified atom stereocenters. The molecule has 1 aromatic heterocycles. The molecule has 0 aliphatic rings. The molecule has 2 rings (SSSR count). The first-order valence-electron chi connectivity index (χ1n) is 6.79. The van der Waals surface area contributed by atoms with Gasteiger partial charge in [-0.3, -0.25) is 0 Å². The van der Waals surface area contributed by atoms with Crippen LogP contribution in [-0.2, 0) is 0 Å². The van der Waals surface area contributed by atoms with Crippen LogP contribution in [0.15, 0.2) is 41.0 Å². The van der Waals surface area contributed by atoms with Gasteiger partial charge < -0.3 is 10.6 Å². The Morgan fingerprint density at radius 1 is 1.25 bits per heavy atom. The molecular formula is C16H20BrN3. The Bertz CT molecular complexity index is 584. The Balaban J connectivity index is 2.44. The summed E-state index contributed by atoms with van der Waals surface area (Å²) in [4.78, 5) is 6.81. The van der Waals surface area contributed by atoms with Crippen LogP contribution in [0.1, 0.15) is 17.5 Å². The predicted octanol–water partition coefficient (Wildman–Crippen LogP) is 3.95. The van der Waals surface area contributed by atoms with E-state index in [1.807, 2.05) is 13.1 Å². The number of nitrogens with zero attached hydrogens (tertiary/aromatic N) is 2. The number of benzene rings is 1. The molecule has 0 aliphatic carbocycles. The topological polar surface area (TPSA) is 42.2 Å². The van der Waals surface area contributed by atoms with Gasteiger partial charge in [-0.2, -0.15) is 0 Å². The zero-order valence-corrected chi connectivity index (χ0v) is 13.5. The quantitative estimate of drug-likeness (QED) is 0.900. The maximum Gasteiger partial charge on any atom is 0.147 e. The second-order valence-electron chi connectivity index (χ2n) is 4.90. The summed E-state index contributed by atoms with van der Waals surface area (Å²) < 4.78 is 1.01. The number of aromatic nitrogens is 1. The maximum atomic E-state index is 5.67. The summed E-state index contributed by atoms with van der Waals surface area (Å²) in [5.41, 5.74) is 9.23. The van der Waals surface area contributed by atoms with Gasteiger partial charge in [0.25, 0.3) is 0 Å². The summed E-state index contributed by atoms with van der Waals surface area (Å²) in [6.07, 6.45) is 2.82. The van der Waals surface area contributed by atoms with E-state index < -0.39 is 0 Å². The Labute approximate surface area is 129 Å². The molecule has 0 saturated carbocycles. The first kappa shape index (κ1) is 15.0. The molecule has 0 bridgehead atoms. The van der Waals surface area contributed by atoms with Crippen molar-refractivity contribution in [2.24, 2.45) is 5.73 Å². The van der Waals surface area contributed by atoms with Crippen molar-refractivity contribution >= 4 is 27.4 Å². The molecule has 1 aromatic carbocycles. The van der Waals surface area contributed by atoms with Crippen molar-refractivity contribution in [2.75, 3.05) is 18.0 Å². The lowest BCUT2D eigenvalue weighted by Crippen LogP contribution is -2.23. The van der Waals surface area contributed by atoms with Crippen molar-refractivity contribution in [3.8, 4) is 0 Å². The summed E-state index contributed by atoms with van der Waals surface area (Å²) >= 11 is 3.63. The summed E-state index contributed by atoms with van der Waals surface area (Å²) in [5, 5.41) is 0. The van der Waals surface area contributed by atoms with E-state index in [1.54, 1.807) is 0 Å². The van der Waals surface area contributed by atoms with Crippen molar-refractivity contribution in [1.82, 2.24) is 4.98 Å². The summed E-state index contributed by atoms with van der Waals surface area (Å²) in [7, 11) is 0. The van der Waals surface area contributed by atoms with Gasteiger partial charge in [0, 0.05) is 18.4 Å². The molecule has 0 amide bonds. The summed E-state index contributed by atoms with van der Waals surface area (Å²) in [6, 6.07) is 10.4. The highest BCUT2D eigenvalue weighted by Crippen LogP contribution is 2.32. The third-order valence-electron chi connectivity index (χ3n) is 3.21. The maximum absolute atomic E-state index is 5.67. The van der Waals surface area contributed by atoms with Crippen LogP contribution in [0, 0.1) is 13.8 Å². The molecule has 2 N–H and O–H groups in total. The van der Waals surface area contributed by atoms with Gasteiger partial charge in [0.1, 0.15) is 5.82 Å². The Hall–Kier alpha value is -1.39. The van der Waals surface area contributed by atoms with Crippen LogP contribution in [0.5, 0.6) is 0 Å². The Kier molecular flexibility index (Phi) is 5.15. The molecule has 0 fully saturated rings. The normalized spacial score (nSPS) is 10.6. The van der Waals surface area contributed by atoms with Crippen molar-refractivity contribution in [3.05, 3.63) is 52.1 Å². The molecule has 0 saturated heterocycles. The number of rotatable bonds is 5. The summed E-state index contributed by atoms with van der Waals surface area (Å²) in [5.74, 6) is 0.943. The number of para-hydroxylation sites is 1. The predicted molar refractivity (Wildman–Crippen MR) is 88.5 cm³/mol. The molecule has 0 aliphatic heterocycles. The zero-order chi connectivity index (χ0) is 14.5. The lowest BCUT2D eigenvalue weighted by Gasteiger charge is -2.26. The first-order chi connectivity index (χ1) is 9.63. The second kappa shape index (κ2) is 6.86. The molecule has 0 radical (unpaired) electrons. The van der Waals surface area contributed by atoms with E-state index in [-0.39, 0.29) is 0 Å². The van der Waals surface area contributed by atoms with E-state index in [2.05, 4.69) is 63.1 Å². The van der Waals surface area contributed by atoms with Crippen LogP contribution in [0.25, 0.3) is 0 Å². The number of aryl methyl sites for hydroxylation is 2. The molecule has 0 spiro atoms. The third kappa shape index (κ3) is 3.38. The summed E-state index contributed by atoms with van der Waals surface area (Å²) in [6.45, 7) is 5.69. The van der Waals surface area contributed by atoms with Gasteiger partial charge in [0.15, 0.2) is 0 Å². The smallest absolute Gasteiger partial charge is 0.147 e. The molecule has 3 nitrogen and oxygen atoms in total. The monoisotopic (exact) mass is 333 g/mol. The van der Waals surface area contributed by atoms with E-state index in [1.165, 1.54) is 11.3 Å². The molecule has 106 valence electrons. The Morgan fingerprint density at radius 2 is 2.00 bits per heavy atom. The zero-order valence-electron chi connectivity index (χ0n) is 11.9. The minimum absolute atomic E-state index is 0.672. The van der Waals surface area contributed by atoms with Crippen LogP contribution in [0.4, 0.5) is 11.5 Å². The van der Waals surface area contributed by atoms with Crippen LogP contribution >= 0.6 is 15.9 Å². The lowest BCUT2D eigenvalue weighted by atomic mass is 10.1. The molecule has 20 heavy (non-hydrogen) atoms. The van der Waals surface area contributed by atoms with Crippen LogP contribution in [0.3, 0.4) is 0 Å². The fourth-order valence-corrected chi connectivity index (χ4v) is 2.86. The number of pyridine rings is 1. The van der Waals surface area contributed by atoms with E-state index in [0.29, 0.717) is 6.54 Å². The van der Waals surface area contributed by atoms with Gasteiger partial charge in [-0.15, -0.1) is 0 Å². The Morgan fingerprint density at radius 3 is 2.65 bits per heavy atom. The molecule has 2 aromatic rings. The lowest BCUT2D eigenvalue weighted by molar-refractivity contribution is 0.806. The van der Waals surface area contributed by atoms with E-state index in [9.17, 15) is 0 Å². The molecule has 1 heterocycles. The van der Waals surface area contributed by atoms with Crippen molar-refractivity contribution in [2.45, 2.75) is 20.3 Å². The number of anilines is 2. The fraction of sp³-hybridized carbons (Fsp3) is 0.312. The largest absolute Gasteiger partial charge is 0.330 e. The highest BCUT2D eigenvalue weighted by Gasteiger charge is 2.15. The van der Waals surface area contributed by atoms with Gasteiger partial charge in [0.2, 0.25) is 0 Å². The van der Waals surface area contributed by atoms with Crippen LogP contribution in [-0.4, -0.2) is 18.1 Å². The highest BCUT2D eigenvalue weighted by molar-refractivity contribution is 9.10. The van der Waals surface area contributed by atoms with Crippen molar-refractivity contribution in [3.63, 3.8) is 0 Å². The van der Waals surface area contributed by atoms with Gasteiger partial charge in [0.05, 0.1) is 4.47 Å². The number of hydrogen-bond donors (Lipinski definition) is 1. The van der Waals surface area contributed by atoms with E-state index in [4.69, 9.17) is 5.73 Å². The minimum atomic E-state index is 0.672. The second-order valence-corrected chi connectivity index (χ2v) is 5.75. The van der Waals surface area contributed by atoms with Gasteiger partial charge in [-0.1, -0.05) is 18.2 Å². The minimum Gasteiger partial charge on any atom is -0.330 e. The van der Waals surface area contributed by atoms with Crippen molar-refractivity contribution in [1.29, 1.82) is 0 Å². The third-order valence-corrected chi connectivity index (χ3v) is 3.79. The number of hydrogen-bond acceptors (Lipinski definition) is 3. The number of nitrogens with two attached hydrogens (primary N) is 1. The molecule has 0 atom stereocenters. The average Bonchev–Trinajstić information content (AvgIpc) is 2.42. The average molecular weight is 334 g/mol. The van der Waals surface area contributed by atoms with Gasteiger partial charge in [-0.05, 0) is 66.0 Å². The highest BCUT2D eigenvalue weighted by atomic mass is 79.9. The van der Waals surface area contributed by atoms with Crippen LogP contribution in [0.2, 0.25) is 0 Å². The molecular weight excluding hydrogens is 314 g/mol. The first-order valence-corrected chi connectivity index (χ1v) is 7.58. The molecule has 4 heteroatoms. The van der Waals surface area contributed by atoms with E-state index in [0.717, 1.165) is 28.8 Å².